The molecule has 0 saturated heterocycles. The van der Waals surface area contributed by atoms with Gasteiger partial charge in [0.05, 0.1) is 7.11 Å². The molecule has 0 radical (unpaired) electrons. The van der Waals surface area contributed by atoms with E-state index < -0.39 is 6.61 Å². The largest absolute Gasteiger partial charge is 0.493 e. The van der Waals surface area contributed by atoms with Crippen molar-refractivity contribution in [3.05, 3.63) is 65.4 Å². The number of hydrogen-bond acceptors (Lipinski definition) is 5. The van der Waals surface area contributed by atoms with E-state index in [-0.39, 0.29) is 29.7 Å². The lowest BCUT2D eigenvalue weighted by molar-refractivity contribution is -0.0512. The summed E-state index contributed by atoms with van der Waals surface area (Å²) < 4.78 is 39.6. The molecule has 29 heavy (non-hydrogen) atoms. The normalized spacial score (nSPS) is 10.8. The Morgan fingerprint density at radius 2 is 1.86 bits per heavy atom. The molecule has 0 atom stereocenters. The highest BCUT2D eigenvalue weighted by atomic mass is 19.3. The van der Waals surface area contributed by atoms with Crippen molar-refractivity contribution in [2.24, 2.45) is 0 Å². The van der Waals surface area contributed by atoms with Crippen molar-refractivity contribution in [3.8, 4) is 22.8 Å². The first-order chi connectivity index (χ1) is 13.9. The van der Waals surface area contributed by atoms with E-state index in [9.17, 15) is 13.6 Å². The van der Waals surface area contributed by atoms with Crippen molar-refractivity contribution in [3.63, 3.8) is 0 Å². The average molecular weight is 402 g/mol. The summed E-state index contributed by atoms with van der Waals surface area (Å²) in [6.45, 7) is -0.754. The lowest BCUT2D eigenvalue weighted by Crippen LogP contribution is -2.25. The van der Waals surface area contributed by atoms with Crippen LogP contribution in [-0.2, 0) is 6.54 Å². The summed E-state index contributed by atoms with van der Waals surface area (Å²) >= 11 is 0. The minimum absolute atomic E-state index is 0.0711. The van der Waals surface area contributed by atoms with Crippen LogP contribution in [0.15, 0.2) is 53.1 Å². The molecule has 0 bridgehead atoms. The molecule has 152 valence electrons. The third-order valence-electron chi connectivity index (χ3n) is 4.28. The molecule has 0 fully saturated rings. The number of halogens is 2. The Bertz CT molecular complexity index is 987. The highest BCUT2D eigenvalue weighted by molar-refractivity contribution is 5.92. The Labute approximate surface area is 166 Å². The number of nitrogens with zero attached hydrogens (tertiary/aromatic N) is 2. The van der Waals surface area contributed by atoms with Gasteiger partial charge in [0.15, 0.2) is 11.5 Å². The summed E-state index contributed by atoms with van der Waals surface area (Å²) in [4.78, 5) is 14.1. The van der Waals surface area contributed by atoms with Crippen LogP contribution < -0.4 is 9.47 Å². The van der Waals surface area contributed by atoms with Gasteiger partial charge in [-0.2, -0.15) is 8.78 Å². The predicted octanol–water partition coefficient (Wildman–Crippen LogP) is 4.53. The summed E-state index contributed by atoms with van der Waals surface area (Å²) in [5.41, 5.74) is 3.21. The summed E-state index contributed by atoms with van der Waals surface area (Å²) in [6, 6.07) is 13.8. The van der Waals surface area contributed by atoms with Crippen LogP contribution in [0.4, 0.5) is 8.78 Å². The predicted molar refractivity (Wildman–Crippen MR) is 102 cm³/mol. The van der Waals surface area contributed by atoms with Gasteiger partial charge in [0.25, 0.3) is 5.91 Å². The number of carbonyl (C=O) groups excluding carboxylic acids is 1. The molecule has 0 aliphatic rings. The van der Waals surface area contributed by atoms with Crippen molar-refractivity contribution in [2.45, 2.75) is 20.1 Å². The molecule has 3 aromatic rings. The molecule has 1 aromatic heterocycles. The molecule has 8 heteroatoms. The topological polar surface area (TPSA) is 64.8 Å². The number of ether oxygens (including phenoxy) is 2. The summed E-state index contributed by atoms with van der Waals surface area (Å²) in [7, 11) is 2.96. The van der Waals surface area contributed by atoms with Crippen LogP contribution in [0.3, 0.4) is 0 Å². The van der Waals surface area contributed by atoms with E-state index >= 15 is 0 Å². The fourth-order valence-corrected chi connectivity index (χ4v) is 2.77. The number of aryl methyl sites for hydroxylation is 1. The molecular formula is C21H20F2N2O4. The lowest BCUT2D eigenvalue weighted by atomic mass is 10.1. The van der Waals surface area contributed by atoms with Gasteiger partial charge in [0.1, 0.15) is 5.69 Å². The molecule has 0 saturated carbocycles. The van der Waals surface area contributed by atoms with Crippen LogP contribution in [0.5, 0.6) is 11.5 Å². The van der Waals surface area contributed by atoms with Crippen LogP contribution in [0.2, 0.25) is 0 Å². The van der Waals surface area contributed by atoms with Crippen molar-refractivity contribution < 1.29 is 27.6 Å². The van der Waals surface area contributed by atoms with Crippen molar-refractivity contribution in [1.29, 1.82) is 0 Å². The van der Waals surface area contributed by atoms with E-state index in [0.29, 0.717) is 11.3 Å². The second kappa shape index (κ2) is 8.72. The fraction of sp³-hybridized carbons (Fsp3) is 0.238. The Kier molecular flexibility index (Phi) is 6.11. The number of amides is 1. The Hall–Kier alpha value is -3.42. The van der Waals surface area contributed by atoms with E-state index in [1.165, 1.54) is 18.1 Å². The van der Waals surface area contributed by atoms with Crippen LogP contribution in [0.1, 0.15) is 21.7 Å². The van der Waals surface area contributed by atoms with Crippen molar-refractivity contribution in [2.75, 3.05) is 14.2 Å². The van der Waals surface area contributed by atoms with Crippen LogP contribution in [0, 0.1) is 6.92 Å². The number of carbonyl (C=O) groups is 1. The Morgan fingerprint density at radius 1 is 1.14 bits per heavy atom. The number of benzene rings is 2. The van der Waals surface area contributed by atoms with Crippen molar-refractivity contribution in [1.82, 2.24) is 10.1 Å². The first kappa shape index (κ1) is 20.3. The zero-order chi connectivity index (χ0) is 21.0. The monoisotopic (exact) mass is 402 g/mol. The summed E-state index contributed by atoms with van der Waals surface area (Å²) in [5.74, 6) is -0.168. The van der Waals surface area contributed by atoms with Crippen LogP contribution in [-0.4, -0.2) is 36.7 Å². The maximum atomic E-state index is 12.7. The zero-order valence-electron chi connectivity index (χ0n) is 16.2. The Balaban J connectivity index is 1.71. The molecule has 1 heterocycles. The van der Waals surface area contributed by atoms with Gasteiger partial charge < -0.3 is 18.9 Å². The number of hydrogen-bond donors (Lipinski definition) is 0. The molecule has 1 amide bonds. The fourth-order valence-electron chi connectivity index (χ4n) is 2.77. The first-order valence-electron chi connectivity index (χ1n) is 8.78. The maximum absolute atomic E-state index is 12.7. The number of methoxy groups -OCH3 is 1. The molecule has 0 unspecified atom stereocenters. The third-order valence-corrected chi connectivity index (χ3v) is 4.28. The average Bonchev–Trinajstić information content (AvgIpc) is 3.18. The Morgan fingerprint density at radius 3 is 2.52 bits per heavy atom. The van der Waals surface area contributed by atoms with Gasteiger partial charge in [-0.15, -0.1) is 0 Å². The van der Waals surface area contributed by atoms with Gasteiger partial charge in [-0.3, -0.25) is 4.79 Å². The summed E-state index contributed by atoms with van der Waals surface area (Å²) in [6.07, 6.45) is 0. The number of alkyl halides is 2. The quantitative estimate of drug-likeness (QED) is 0.581. The highest BCUT2D eigenvalue weighted by Gasteiger charge is 2.19. The SMILES string of the molecule is COc1cc(CN(C)C(=O)c2cc(-c3ccc(C)cc3)no2)ccc1OC(F)F. The van der Waals surface area contributed by atoms with Gasteiger partial charge in [0.2, 0.25) is 5.76 Å². The minimum atomic E-state index is -2.95. The second-order valence-corrected chi connectivity index (χ2v) is 6.47. The van der Waals surface area contributed by atoms with Crippen molar-refractivity contribution >= 4 is 5.91 Å². The van der Waals surface area contributed by atoms with E-state index in [2.05, 4.69) is 9.89 Å². The van der Waals surface area contributed by atoms with E-state index in [4.69, 9.17) is 9.26 Å². The van der Waals surface area contributed by atoms with Gasteiger partial charge in [0, 0.05) is 25.2 Å². The van der Waals surface area contributed by atoms with Gasteiger partial charge >= 0.3 is 6.61 Å². The zero-order valence-corrected chi connectivity index (χ0v) is 16.2. The van der Waals surface area contributed by atoms with Gasteiger partial charge in [-0.1, -0.05) is 41.1 Å². The standard InChI is InChI=1S/C21H20F2N2O4/c1-13-4-7-15(8-5-13)16-11-19(29-24-16)20(26)25(2)12-14-6-9-17(28-21(22)23)18(10-14)27-3/h4-11,21H,12H2,1-3H3. The van der Waals surface area contributed by atoms with Crippen LogP contribution in [0.25, 0.3) is 11.3 Å². The van der Waals surface area contributed by atoms with Crippen LogP contribution >= 0.6 is 0 Å². The maximum Gasteiger partial charge on any atom is 0.387 e. The molecule has 2 aromatic carbocycles. The van der Waals surface area contributed by atoms with Gasteiger partial charge in [-0.25, -0.2) is 0 Å². The van der Waals surface area contributed by atoms with E-state index in [0.717, 1.165) is 11.1 Å². The molecule has 6 nitrogen and oxygen atoms in total. The third kappa shape index (κ3) is 4.90. The molecule has 0 spiro atoms. The number of aromatic nitrogens is 1. The molecule has 0 N–H and O–H groups in total. The molecular weight excluding hydrogens is 382 g/mol. The first-order valence-corrected chi connectivity index (χ1v) is 8.78. The molecule has 0 aliphatic heterocycles. The lowest BCUT2D eigenvalue weighted by Gasteiger charge is -2.17. The second-order valence-electron chi connectivity index (χ2n) is 6.47. The molecule has 0 aliphatic carbocycles. The van der Waals surface area contributed by atoms with Gasteiger partial charge in [-0.05, 0) is 24.6 Å². The number of rotatable bonds is 7. The van der Waals surface area contributed by atoms with E-state index in [1.807, 2.05) is 31.2 Å². The minimum Gasteiger partial charge on any atom is -0.493 e. The highest BCUT2D eigenvalue weighted by Crippen LogP contribution is 2.30. The summed E-state index contributed by atoms with van der Waals surface area (Å²) in [5, 5.41) is 3.96. The smallest absolute Gasteiger partial charge is 0.387 e. The molecule has 3 rings (SSSR count). The van der Waals surface area contributed by atoms with E-state index in [1.54, 1.807) is 25.2 Å².